The molecule has 1 aliphatic heterocycles. The maximum absolute atomic E-state index is 12.2. The summed E-state index contributed by atoms with van der Waals surface area (Å²) in [5, 5.41) is 9.12. The lowest BCUT2D eigenvalue weighted by atomic mass is 10.1. The van der Waals surface area contributed by atoms with E-state index >= 15 is 0 Å². The fourth-order valence-electron chi connectivity index (χ4n) is 2.88. The van der Waals surface area contributed by atoms with Crippen LogP contribution in [0.15, 0.2) is 18.2 Å². The SMILES string of the molecule is COc1cc(C(C)=O)ccc1OCCCC(=O)N1CCC[C@H]1C(=O)O. The second-order valence-corrected chi connectivity index (χ2v) is 5.96. The summed E-state index contributed by atoms with van der Waals surface area (Å²) < 4.78 is 10.8. The minimum Gasteiger partial charge on any atom is -0.493 e. The van der Waals surface area contributed by atoms with Gasteiger partial charge in [-0.15, -0.1) is 0 Å². The van der Waals surface area contributed by atoms with E-state index in [9.17, 15) is 14.4 Å². The highest BCUT2D eigenvalue weighted by molar-refractivity contribution is 5.94. The molecule has 0 aromatic heterocycles. The zero-order valence-corrected chi connectivity index (χ0v) is 14.5. The van der Waals surface area contributed by atoms with Crippen molar-refractivity contribution in [2.24, 2.45) is 0 Å². The summed E-state index contributed by atoms with van der Waals surface area (Å²) in [5.41, 5.74) is 0.535. The Kier molecular flexibility index (Phi) is 6.38. The Morgan fingerprint density at radius 1 is 1.28 bits per heavy atom. The lowest BCUT2D eigenvalue weighted by molar-refractivity contribution is -0.148. The normalized spacial score (nSPS) is 16.6. The van der Waals surface area contributed by atoms with E-state index in [-0.39, 0.29) is 18.1 Å². The van der Waals surface area contributed by atoms with E-state index in [1.54, 1.807) is 18.2 Å². The topological polar surface area (TPSA) is 93.1 Å². The van der Waals surface area contributed by atoms with Gasteiger partial charge in [0.25, 0.3) is 0 Å². The first kappa shape index (κ1) is 18.8. The number of carboxylic acids is 1. The number of likely N-dealkylation sites (tertiary alicyclic amines) is 1. The number of ether oxygens (including phenoxy) is 2. The van der Waals surface area contributed by atoms with Crippen molar-refractivity contribution >= 4 is 17.7 Å². The van der Waals surface area contributed by atoms with Gasteiger partial charge in [0.1, 0.15) is 6.04 Å². The van der Waals surface area contributed by atoms with E-state index in [0.29, 0.717) is 43.1 Å². The number of ketones is 1. The molecule has 0 saturated carbocycles. The molecule has 2 rings (SSSR count). The maximum Gasteiger partial charge on any atom is 0.326 e. The highest BCUT2D eigenvalue weighted by atomic mass is 16.5. The number of nitrogens with zero attached hydrogens (tertiary/aromatic N) is 1. The Bertz CT molecular complexity index is 657. The molecule has 0 aliphatic carbocycles. The van der Waals surface area contributed by atoms with Crippen molar-refractivity contribution in [2.75, 3.05) is 20.3 Å². The summed E-state index contributed by atoms with van der Waals surface area (Å²) in [4.78, 5) is 36.1. The molecule has 1 amide bonds. The first-order valence-corrected chi connectivity index (χ1v) is 8.28. The molecule has 1 aromatic rings. The third kappa shape index (κ3) is 4.71. The second kappa shape index (κ2) is 8.50. The molecule has 1 saturated heterocycles. The molecular formula is C18H23NO6. The van der Waals surface area contributed by atoms with Gasteiger partial charge in [-0.05, 0) is 44.4 Å². The van der Waals surface area contributed by atoms with E-state index in [1.165, 1.54) is 18.9 Å². The molecule has 1 aliphatic rings. The molecule has 1 N–H and O–H groups in total. The minimum absolute atomic E-state index is 0.0611. The lowest BCUT2D eigenvalue weighted by Crippen LogP contribution is -2.40. The van der Waals surface area contributed by atoms with Gasteiger partial charge in [0.05, 0.1) is 13.7 Å². The average molecular weight is 349 g/mol. The molecule has 1 fully saturated rings. The molecule has 136 valence electrons. The van der Waals surface area contributed by atoms with Gasteiger partial charge < -0.3 is 19.5 Å². The third-order valence-electron chi connectivity index (χ3n) is 4.22. The average Bonchev–Trinajstić information content (AvgIpc) is 3.08. The Morgan fingerprint density at radius 3 is 2.68 bits per heavy atom. The number of carbonyl (C=O) groups is 3. The standard InChI is InChI=1S/C18H23NO6/c1-12(20)13-7-8-15(16(11-13)24-2)25-10-4-6-17(21)19-9-3-5-14(19)18(22)23/h7-8,11,14H,3-6,9-10H2,1-2H3,(H,22,23)/t14-/m0/s1. The van der Waals surface area contributed by atoms with Crippen LogP contribution in [0.5, 0.6) is 11.5 Å². The Morgan fingerprint density at radius 2 is 2.04 bits per heavy atom. The van der Waals surface area contributed by atoms with Gasteiger partial charge in [0, 0.05) is 18.5 Å². The van der Waals surface area contributed by atoms with Gasteiger partial charge in [-0.1, -0.05) is 0 Å². The molecule has 0 spiro atoms. The van der Waals surface area contributed by atoms with Crippen LogP contribution >= 0.6 is 0 Å². The smallest absolute Gasteiger partial charge is 0.326 e. The van der Waals surface area contributed by atoms with E-state index in [0.717, 1.165) is 6.42 Å². The van der Waals surface area contributed by atoms with E-state index < -0.39 is 12.0 Å². The number of amides is 1. The van der Waals surface area contributed by atoms with Crippen molar-refractivity contribution in [3.63, 3.8) is 0 Å². The molecule has 7 nitrogen and oxygen atoms in total. The quantitative estimate of drug-likeness (QED) is 0.571. The number of hydrogen-bond donors (Lipinski definition) is 1. The Balaban J connectivity index is 1.84. The van der Waals surface area contributed by atoms with Gasteiger partial charge in [0.15, 0.2) is 17.3 Å². The summed E-state index contributed by atoms with van der Waals surface area (Å²) in [6.07, 6.45) is 1.94. The molecule has 0 unspecified atom stereocenters. The number of benzene rings is 1. The van der Waals surface area contributed by atoms with E-state index in [4.69, 9.17) is 14.6 Å². The predicted octanol–water partition coefficient (Wildman–Crippen LogP) is 2.13. The van der Waals surface area contributed by atoms with Gasteiger partial charge in [0.2, 0.25) is 5.91 Å². The highest BCUT2D eigenvalue weighted by Gasteiger charge is 2.33. The number of Topliss-reactive ketones (excluding diaryl/α,β-unsaturated/α-hetero) is 1. The lowest BCUT2D eigenvalue weighted by Gasteiger charge is -2.21. The fraction of sp³-hybridized carbons (Fsp3) is 0.500. The van der Waals surface area contributed by atoms with Crippen LogP contribution in [0, 0.1) is 0 Å². The number of hydrogen-bond acceptors (Lipinski definition) is 5. The van der Waals surface area contributed by atoms with Crippen LogP contribution in [0.25, 0.3) is 0 Å². The van der Waals surface area contributed by atoms with Gasteiger partial charge in [-0.2, -0.15) is 0 Å². The number of carboxylic acid groups (broad SMARTS) is 1. The molecule has 0 bridgehead atoms. The van der Waals surface area contributed by atoms with Crippen molar-refractivity contribution < 1.29 is 29.0 Å². The van der Waals surface area contributed by atoms with Crippen LogP contribution in [0.1, 0.15) is 43.0 Å². The van der Waals surface area contributed by atoms with Gasteiger partial charge in [-0.3, -0.25) is 9.59 Å². The summed E-state index contributed by atoms with van der Waals surface area (Å²) in [5.74, 6) is -0.201. The molecule has 7 heteroatoms. The summed E-state index contributed by atoms with van der Waals surface area (Å²) in [6, 6.07) is 4.24. The van der Waals surface area contributed by atoms with Crippen molar-refractivity contribution in [2.45, 2.75) is 38.6 Å². The zero-order valence-electron chi connectivity index (χ0n) is 14.5. The van der Waals surface area contributed by atoms with Crippen LogP contribution in [-0.4, -0.2) is 54.0 Å². The van der Waals surface area contributed by atoms with Crippen LogP contribution in [0.4, 0.5) is 0 Å². The molecule has 1 aromatic carbocycles. The predicted molar refractivity (Wildman–Crippen MR) is 90.1 cm³/mol. The number of methoxy groups -OCH3 is 1. The molecule has 0 radical (unpaired) electrons. The fourth-order valence-corrected chi connectivity index (χ4v) is 2.88. The van der Waals surface area contributed by atoms with E-state index in [2.05, 4.69) is 0 Å². The monoisotopic (exact) mass is 349 g/mol. The van der Waals surface area contributed by atoms with Crippen LogP contribution in [-0.2, 0) is 9.59 Å². The van der Waals surface area contributed by atoms with Crippen molar-refractivity contribution in [3.05, 3.63) is 23.8 Å². The van der Waals surface area contributed by atoms with Crippen molar-refractivity contribution in [3.8, 4) is 11.5 Å². The molecule has 1 atom stereocenters. The first-order valence-electron chi connectivity index (χ1n) is 8.28. The van der Waals surface area contributed by atoms with E-state index in [1.807, 2.05) is 0 Å². The van der Waals surface area contributed by atoms with Gasteiger partial charge in [-0.25, -0.2) is 4.79 Å². The Hall–Kier alpha value is -2.57. The molecule has 1 heterocycles. The van der Waals surface area contributed by atoms with Crippen LogP contribution in [0.3, 0.4) is 0 Å². The van der Waals surface area contributed by atoms with Crippen LogP contribution in [0.2, 0.25) is 0 Å². The highest BCUT2D eigenvalue weighted by Crippen LogP contribution is 2.28. The third-order valence-corrected chi connectivity index (χ3v) is 4.22. The zero-order chi connectivity index (χ0) is 18.4. The largest absolute Gasteiger partial charge is 0.493 e. The summed E-state index contributed by atoms with van der Waals surface area (Å²) in [6.45, 7) is 2.27. The molecular weight excluding hydrogens is 326 g/mol. The number of carbonyl (C=O) groups excluding carboxylic acids is 2. The van der Waals surface area contributed by atoms with Crippen LogP contribution < -0.4 is 9.47 Å². The van der Waals surface area contributed by atoms with Crippen molar-refractivity contribution in [1.29, 1.82) is 0 Å². The first-order chi connectivity index (χ1) is 11.9. The number of rotatable bonds is 8. The van der Waals surface area contributed by atoms with Crippen molar-refractivity contribution in [1.82, 2.24) is 4.90 Å². The molecule has 25 heavy (non-hydrogen) atoms. The van der Waals surface area contributed by atoms with Gasteiger partial charge >= 0.3 is 5.97 Å². The maximum atomic E-state index is 12.2. The Labute approximate surface area is 146 Å². The summed E-state index contributed by atoms with van der Waals surface area (Å²) >= 11 is 0. The second-order valence-electron chi connectivity index (χ2n) is 5.96. The number of aliphatic carboxylic acids is 1. The summed E-state index contributed by atoms with van der Waals surface area (Å²) in [7, 11) is 1.50. The minimum atomic E-state index is -0.947.